The number of allylic oxidation sites excluding steroid dienone is 1. The van der Waals surface area contributed by atoms with Gasteiger partial charge in [0.2, 0.25) is 0 Å². The van der Waals surface area contributed by atoms with Gasteiger partial charge in [0.15, 0.2) is 11.6 Å². The topological polar surface area (TPSA) is 9.23 Å². The highest BCUT2D eigenvalue weighted by Crippen LogP contribution is 2.37. The van der Waals surface area contributed by atoms with E-state index in [9.17, 15) is 8.78 Å². The first-order valence-electron chi connectivity index (χ1n) is 10.4. The van der Waals surface area contributed by atoms with E-state index in [-0.39, 0.29) is 12.0 Å². The van der Waals surface area contributed by atoms with Crippen LogP contribution in [0, 0.1) is 11.6 Å². The van der Waals surface area contributed by atoms with Crippen molar-refractivity contribution in [2.75, 3.05) is 6.61 Å². The van der Waals surface area contributed by atoms with Crippen LogP contribution in [0.4, 0.5) is 8.78 Å². The third-order valence-electron chi connectivity index (χ3n) is 5.69. The Morgan fingerprint density at radius 3 is 2.36 bits per heavy atom. The van der Waals surface area contributed by atoms with E-state index in [2.05, 4.69) is 13.5 Å². The molecule has 0 saturated heterocycles. The van der Waals surface area contributed by atoms with Gasteiger partial charge in [-0.05, 0) is 67.6 Å². The molecule has 28 heavy (non-hydrogen) atoms. The number of aryl methyl sites for hydroxylation is 1. The average molecular weight is 385 g/mol. The molecule has 0 amide bonds. The highest BCUT2D eigenvalue weighted by molar-refractivity contribution is 5.65. The molecule has 0 aromatic heterocycles. The summed E-state index contributed by atoms with van der Waals surface area (Å²) in [5.74, 6) is -1.35. The normalized spacial score (nSPS) is 19.5. The second-order valence-corrected chi connectivity index (χ2v) is 7.70. The van der Waals surface area contributed by atoms with Gasteiger partial charge in [-0.2, -0.15) is 0 Å². The van der Waals surface area contributed by atoms with Crippen LogP contribution < -0.4 is 0 Å². The Hall–Kier alpha value is -2.00. The summed E-state index contributed by atoms with van der Waals surface area (Å²) in [6.45, 7) is 6.60. The van der Waals surface area contributed by atoms with Gasteiger partial charge in [-0.15, -0.1) is 6.58 Å². The summed E-state index contributed by atoms with van der Waals surface area (Å²) in [4.78, 5) is 0. The molecule has 150 valence electrons. The number of rotatable bonds is 8. The lowest BCUT2D eigenvalue weighted by Crippen LogP contribution is -2.21. The van der Waals surface area contributed by atoms with Gasteiger partial charge in [0, 0.05) is 12.2 Å². The van der Waals surface area contributed by atoms with Crippen molar-refractivity contribution in [1.29, 1.82) is 0 Å². The monoisotopic (exact) mass is 384 g/mol. The fourth-order valence-electron chi connectivity index (χ4n) is 4.05. The molecular weight excluding hydrogens is 354 g/mol. The van der Waals surface area contributed by atoms with Crippen LogP contribution >= 0.6 is 0 Å². The van der Waals surface area contributed by atoms with Gasteiger partial charge in [-0.3, -0.25) is 0 Å². The van der Waals surface area contributed by atoms with Crippen molar-refractivity contribution in [2.45, 2.75) is 63.9 Å². The fraction of sp³-hybridized carbons (Fsp3) is 0.440. The van der Waals surface area contributed by atoms with Crippen molar-refractivity contribution in [3.63, 3.8) is 0 Å². The zero-order chi connectivity index (χ0) is 19.9. The van der Waals surface area contributed by atoms with Crippen LogP contribution in [0.3, 0.4) is 0 Å². The van der Waals surface area contributed by atoms with E-state index < -0.39 is 11.6 Å². The van der Waals surface area contributed by atoms with Crippen LogP contribution in [-0.2, 0) is 11.2 Å². The summed E-state index contributed by atoms with van der Waals surface area (Å²) in [6, 6.07) is 11.2. The first kappa shape index (κ1) is 20.7. The van der Waals surface area contributed by atoms with Crippen molar-refractivity contribution >= 4 is 0 Å². The lowest BCUT2D eigenvalue weighted by atomic mass is 9.82. The Morgan fingerprint density at radius 1 is 1.00 bits per heavy atom. The molecule has 1 saturated carbocycles. The van der Waals surface area contributed by atoms with E-state index in [4.69, 9.17) is 4.74 Å². The Labute approximate surface area is 167 Å². The predicted octanol–water partition coefficient (Wildman–Crippen LogP) is 7.20. The SMILES string of the molecule is C=CCCc1ccc(-c2ccc(C3CCC(OCCC)CC3)c(F)c2F)cc1. The number of halogens is 2. The average Bonchev–Trinajstić information content (AvgIpc) is 2.73. The zero-order valence-electron chi connectivity index (χ0n) is 16.7. The highest BCUT2D eigenvalue weighted by atomic mass is 19.2. The van der Waals surface area contributed by atoms with Crippen LogP contribution in [0.5, 0.6) is 0 Å². The molecule has 0 atom stereocenters. The van der Waals surface area contributed by atoms with Gasteiger partial charge >= 0.3 is 0 Å². The Morgan fingerprint density at radius 2 is 1.71 bits per heavy atom. The summed E-state index contributed by atoms with van der Waals surface area (Å²) in [5, 5.41) is 0. The largest absolute Gasteiger partial charge is 0.378 e. The quantitative estimate of drug-likeness (QED) is 0.437. The minimum absolute atomic E-state index is 0.0753. The maximum absolute atomic E-state index is 14.9. The second kappa shape index (κ2) is 9.97. The minimum atomic E-state index is -0.735. The predicted molar refractivity (Wildman–Crippen MR) is 112 cm³/mol. The Kier molecular flexibility index (Phi) is 7.38. The maximum Gasteiger partial charge on any atom is 0.166 e. The van der Waals surface area contributed by atoms with Crippen LogP contribution in [0.2, 0.25) is 0 Å². The van der Waals surface area contributed by atoms with E-state index in [1.165, 1.54) is 5.56 Å². The molecule has 0 radical (unpaired) electrons. The molecule has 1 aliphatic carbocycles. The number of hydrogen-bond donors (Lipinski definition) is 0. The van der Waals surface area contributed by atoms with Gasteiger partial charge in [-0.1, -0.05) is 49.4 Å². The summed E-state index contributed by atoms with van der Waals surface area (Å²) in [5.41, 5.74) is 2.72. The molecule has 2 aromatic rings. The fourth-order valence-corrected chi connectivity index (χ4v) is 4.05. The van der Waals surface area contributed by atoms with Gasteiger partial charge in [0.05, 0.1) is 6.10 Å². The first-order valence-corrected chi connectivity index (χ1v) is 10.4. The van der Waals surface area contributed by atoms with Gasteiger partial charge in [0.1, 0.15) is 0 Å². The van der Waals surface area contributed by atoms with Crippen LogP contribution in [0.15, 0.2) is 49.1 Å². The molecule has 0 spiro atoms. The molecule has 1 aliphatic rings. The third kappa shape index (κ3) is 4.88. The number of benzene rings is 2. The summed E-state index contributed by atoms with van der Waals surface area (Å²) >= 11 is 0. The Balaban J connectivity index is 1.72. The standard InChI is InChI=1S/C25H30F2O/c1-3-5-6-18-7-9-19(10-8-18)22-15-16-23(25(27)24(22)26)20-11-13-21(14-12-20)28-17-4-2/h3,7-10,15-16,20-21H,1,4-6,11-14,17H2,2H3. The maximum atomic E-state index is 14.9. The minimum Gasteiger partial charge on any atom is -0.378 e. The van der Waals surface area contributed by atoms with E-state index >= 15 is 0 Å². The van der Waals surface area contributed by atoms with Crippen molar-refractivity contribution in [3.05, 3.63) is 71.8 Å². The first-order chi connectivity index (χ1) is 13.6. The summed E-state index contributed by atoms with van der Waals surface area (Å²) < 4.78 is 35.5. The van der Waals surface area contributed by atoms with Gasteiger partial charge < -0.3 is 4.74 Å². The second-order valence-electron chi connectivity index (χ2n) is 7.70. The van der Waals surface area contributed by atoms with Crippen molar-refractivity contribution in [1.82, 2.24) is 0 Å². The Bertz CT molecular complexity index is 774. The van der Waals surface area contributed by atoms with Gasteiger partial charge in [-0.25, -0.2) is 8.78 Å². The molecule has 1 nitrogen and oxygen atoms in total. The van der Waals surface area contributed by atoms with Crippen molar-refractivity contribution in [3.8, 4) is 11.1 Å². The van der Waals surface area contributed by atoms with E-state index in [1.54, 1.807) is 12.1 Å². The van der Waals surface area contributed by atoms with E-state index in [1.807, 2.05) is 30.3 Å². The van der Waals surface area contributed by atoms with Crippen LogP contribution in [-0.4, -0.2) is 12.7 Å². The molecule has 0 N–H and O–H groups in total. The number of hydrogen-bond acceptors (Lipinski definition) is 1. The zero-order valence-corrected chi connectivity index (χ0v) is 16.7. The van der Waals surface area contributed by atoms with E-state index in [0.29, 0.717) is 16.7 Å². The molecule has 0 aliphatic heterocycles. The van der Waals surface area contributed by atoms with E-state index in [0.717, 1.165) is 51.6 Å². The molecule has 0 heterocycles. The van der Waals surface area contributed by atoms with Crippen molar-refractivity contribution in [2.24, 2.45) is 0 Å². The number of ether oxygens (including phenoxy) is 1. The molecular formula is C25H30F2O. The smallest absolute Gasteiger partial charge is 0.166 e. The molecule has 0 unspecified atom stereocenters. The lowest BCUT2D eigenvalue weighted by Gasteiger charge is -2.29. The van der Waals surface area contributed by atoms with Crippen molar-refractivity contribution < 1.29 is 13.5 Å². The lowest BCUT2D eigenvalue weighted by molar-refractivity contribution is 0.0249. The summed E-state index contributed by atoms with van der Waals surface area (Å²) in [6.07, 6.45) is 8.50. The van der Waals surface area contributed by atoms with Crippen LogP contribution in [0.1, 0.15) is 62.5 Å². The molecule has 2 aromatic carbocycles. The third-order valence-corrected chi connectivity index (χ3v) is 5.69. The van der Waals surface area contributed by atoms with Crippen LogP contribution in [0.25, 0.3) is 11.1 Å². The molecule has 0 bridgehead atoms. The summed E-state index contributed by atoms with van der Waals surface area (Å²) in [7, 11) is 0. The van der Waals surface area contributed by atoms with Gasteiger partial charge in [0.25, 0.3) is 0 Å². The highest BCUT2D eigenvalue weighted by Gasteiger charge is 2.26. The molecule has 3 heteroatoms. The molecule has 3 rings (SSSR count). The molecule has 1 fully saturated rings.